The van der Waals surface area contributed by atoms with Crippen LogP contribution < -0.4 is 0 Å². The van der Waals surface area contributed by atoms with Crippen LogP contribution in [0, 0.1) is 53.5 Å². The summed E-state index contributed by atoms with van der Waals surface area (Å²) in [5.74, 6) is -19.3. The molecule has 0 unspecified atom stereocenters. The Morgan fingerprint density at radius 2 is 1.33 bits per heavy atom. The Hall–Kier alpha value is -2.92. The molecule has 0 amide bonds. The van der Waals surface area contributed by atoms with Crippen molar-refractivity contribution in [3.8, 4) is 11.6 Å². The summed E-state index contributed by atoms with van der Waals surface area (Å²) in [6, 6.07) is -0.123. The summed E-state index contributed by atoms with van der Waals surface area (Å²) in [5.41, 5.74) is -4.47. The topological polar surface area (TPSA) is 55.1 Å². The van der Waals surface area contributed by atoms with Gasteiger partial charge in [-0.2, -0.15) is 9.78 Å². The average Bonchev–Trinajstić information content (AvgIpc) is 2.95. The number of hydrogen-bond acceptors (Lipinski definition) is 3. The van der Waals surface area contributed by atoms with Gasteiger partial charge in [-0.25, -0.2) is 35.1 Å². The van der Waals surface area contributed by atoms with Crippen LogP contribution in [0.1, 0.15) is 21.6 Å². The van der Waals surface area contributed by atoms with Crippen molar-refractivity contribution in [2.24, 2.45) is 0 Å². The smallest absolute Gasteiger partial charge is 0.226 e. The molecule has 3 aromatic rings. The van der Waals surface area contributed by atoms with Crippen LogP contribution >= 0.6 is 0 Å². The number of rotatable bonds is 3. The van der Waals surface area contributed by atoms with Crippen molar-refractivity contribution in [1.29, 1.82) is 0 Å². The van der Waals surface area contributed by atoms with E-state index < -0.39 is 80.7 Å². The van der Waals surface area contributed by atoms with Gasteiger partial charge in [-0.3, -0.25) is 4.79 Å². The molecule has 1 heterocycles. The summed E-state index contributed by atoms with van der Waals surface area (Å²) in [5, 5.41) is 13.5. The van der Waals surface area contributed by atoms with Gasteiger partial charge in [0.15, 0.2) is 46.5 Å². The van der Waals surface area contributed by atoms with E-state index >= 15 is 0 Å². The summed E-state index contributed by atoms with van der Waals surface area (Å²) < 4.78 is 108. The average molecular weight is 486 g/mol. The maximum absolute atomic E-state index is 13.9. The molecule has 1 aromatic heterocycles. The van der Waals surface area contributed by atoms with Crippen LogP contribution in [0.25, 0.3) is 5.69 Å². The molecule has 0 aliphatic carbocycles. The fourth-order valence-corrected chi connectivity index (χ4v) is 2.56. The molecule has 0 saturated carbocycles. The molecule has 163 valence electrons. The predicted molar refractivity (Wildman–Crippen MR) is 79.5 cm³/mol. The molecule has 3 rings (SSSR count). The third kappa shape index (κ3) is 3.43. The maximum Gasteiger partial charge on any atom is 0.226 e. The number of ketones is 1. The first-order chi connectivity index (χ1) is 13.5. The van der Waals surface area contributed by atoms with Gasteiger partial charge in [0.05, 0.1) is 11.3 Å². The number of carbonyl (C=O) groups excluding carboxylic acids is 1. The molecule has 30 heavy (non-hydrogen) atoms. The monoisotopic (exact) mass is 485 g/mol. The van der Waals surface area contributed by atoms with Gasteiger partial charge >= 0.3 is 0 Å². The molecule has 13 heteroatoms. The fourth-order valence-electron chi connectivity index (χ4n) is 2.56. The first-order valence-corrected chi connectivity index (χ1v) is 7.47. The van der Waals surface area contributed by atoms with Gasteiger partial charge < -0.3 is 5.11 Å². The van der Waals surface area contributed by atoms with E-state index in [-0.39, 0.29) is 33.9 Å². The van der Waals surface area contributed by atoms with E-state index in [0.717, 1.165) is 6.92 Å². The van der Waals surface area contributed by atoms with Crippen LogP contribution in [0.5, 0.6) is 5.88 Å². The SMILES string of the molecule is Cc1nn(-c2c(F)c(F)cc(F)c2F)c(O)c1C(=O)c1cc(F)c(F)c(F)c1F.[Cu]. The Balaban J connectivity index is 0.00000320. The summed E-state index contributed by atoms with van der Waals surface area (Å²) in [6.45, 7) is 0.961. The molecule has 0 atom stereocenters. The molecule has 0 saturated heterocycles. The van der Waals surface area contributed by atoms with Crippen molar-refractivity contribution >= 4 is 5.78 Å². The first-order valence-electron chi connectivity index (χ1n) is 7.47. The molecule has 0 aliphatic heterocycles. The number of benzene rings is 2. The van der Waals surface area contributed by atoms with Crippen molar-refractivity contribution in [3.05, 3.63) is 75.5 Å². The van der Waals surface area contributed by atoms with Crippen LogP contribution in [0.15, 0.2) is 12.1 Å². The van der Waals surface area contributed by atoms with Crippen LogP contribution in [0.2, 0.25) is 0 Å². The largest absolute Gasteiger partial charge is 0.493 e. The van der Waals surface area contributed by atoms with Gasteiger partial charge in [-0.15, -0.1) is 0 Å². The van der Waals surface area contributed by atoms with Gasteiger partial charge in [0.1, 0.15) is 11.3 Å². The molecule has 0 aliphatic rings. The zero-order valence-electron chi connectivity index (χ0n) is 14.2. The van der Waals surface area contributed by atoms with Crippen molar-refractivity contribution in [3.63, 3.8) is 0 Å². The normalized spacial score (nSPS) is 10.8. The first kappa shape index (κ1) is 23.4. The molecule has 0 fully saturated rings. The summed E-state index contributed by atoms with van der Waals surface area (Å²) in [4.78, 5) is 12.4. The third-order valence-electron chi connectivity index (χ3n) is 3.91. The molecule has 0 bridgehead atoms. The number of aromatic nitrogens is 2. The summed E-state index contributed by atoms with van der Waals surface area (Å²) >= 11 is 0. The van der Waals surface area contributed by atoms with E-state index in [4.69, 9.17) is 0 Å². The standard InChI is InChI=1S/C17H6F8N2O2.Cu/c1-4-9(16(28)5-2-6(18)11(22)14(25)10(5)21)17(29)27(26-4)15-12(23)7(19)3-8(20)13(15)24;/h2-3,29H,1H3;. The van der Waals surface area contributed by atoms with Gasteiger partial charge in [0.25, 0.3) is 0 Å². The minimum absolute atomic E-state index is 0. The van der Waals surface area contributed by atoms with E-state index in [9.17, 15) is 45.0 Å². The third-order valence-corrected chi connectivity index (χ3v) is 3.91. The molecule has 1 N–H and O–H groups in total. The van der Waals surface area contributed by atoms with Crippen LogP contribution in [-0.2, 0) is 17.1 Å². The van der Waals surface area contributed by atoms with Gasteiger partial charge in [-0.05, 0) is 13.0 Å². The summed E-state index contributed by atoms with van der Waals surface area (Å²) in [7, 11) is 0. The van der Waals surface area contributed by atoms with E-state index in [1.54, 1.807) is 0 Å². The number of nitrogens with zero attached hydrogens (tertiary/aromatic N) is 2. The number of hydrogen-bond donors (Lipinski definition) is 1. The molecule has 1 radical (unpaired) electrons. The number of aryl methyl sites for hydroxylation is 1. The summed E-state index contributed by atoms with van der Waals surface area (Å²) in [6.07, 6.45) is 0. The molecular formula is C17H6CuF8N2O2. The van der Waals surface area contributed by atoms with Crippen molar-refractivity contribution in [1.82, 2.24) is 9.78 Å². The Labute approximate surface area is 172 Å². The fraction of sp³-hybridized carbons (Fsp3) is 0.0588. The van der Waals surface area contributed by atoms with Crippen molar-refractivity contribution in [2.45, 2.75) is 6.92 Å². The van der Waals surface area contributed by atoms with Crippen LogP contribution in [0.3, 0.4) is 0 Å². The van der Waals surface area contributed by atoms with Crippen molar-refractivity contribution in [2.75, 3.05) is 0 Å². The second-order valence-electron chi connectivity index (χ2n) is 5.69. The van der Waals surface area contributed by atoms with Gasteiger partial charge in [0.2, 0.25) is 11.7 Å². The molecule has 2 aromatic carbocycles. The number of halogens is 8. The maximum atomic E-state index is 13.9. The minimum atomic E-state index is -2.32. The second-order valence-corrected chi connectivity index (χ2v) is 5.69. The minimum Gasteiger partial charge on any atom is -0.493 e. The Bertz CT molecular complexity index is 1170. The Morgan fingerprint density at radius 1 is 0.833 bits per heavy atom. The van der Waals surface area contributed by atoms with E-state index in [1.807, 2.05) is 0 Å². The Morgan fingerprint density at radius 3 is 1.87 bits per heavy atom. The second kappa shape index (κ2) is 8.07. The van der Waals surface area contributed by atoms with Gasteiger partial charge in [0, 0.05) is 23.1 Å². The molecular weight excluding hydrogens is 480 g/mol. The zero-order valence-corrected chi connectivity index (χ0v) is 15.2. The van der Waals surface area contributed by atoms with E-state index in [2.05, 4.69) is 5.10 Å². The van der Waals surface area contributed by atoms with E-state index in [0.29, 0.717) is 0 Å². The Kier molecular flexibility index (Phi) is 6.29. The predicted octanol–water partition coefficient (Wildman–Crippen LogP) is 4.23. The zero-order chi connectivity index (χ0) is 21.8. The van der Waals surface area contributed by atoms with Crippen LogP contribution in [0.4, 0.5) is 35.1 Å². The van der Waals surface area contributed by atoms with E-state index in [1.165, 1.54) is 0 Å². The number of aromatic hydroxyl groups is 1. The van der Waals surface area contributed by atoms with Crippen molar-refractivity contribution < 1.29 is 62.1 Å². The quantitative estimate of drug-likeness (QED) is 0.199. The van der Waals surface area contributed by atoms with Crippen LogP contribution in [-0.4, -0.2) is 20.7 Å². The number of carbonyl (C=O) groups is 1. The molecule has 4 nitrogen and oxygen atoms in total. The molecule has 0 spiro atoms. The van der Waals surface area contributed by atoms with Gasteiger partial charge in [-0.1, -0.05) is 0 Å².